The normalized spacial score (nSPS) is 20.8. The van der Waals surface area contributed by atoms with Gasteiger partial charge in [-0.2, -0.15) is 0 Å². The number of carbonyl (C=O) groups is 1. The minimum Gasteiger partial charge on any atom is -0.366 e. The van der Waals surface area contributed by atoms with Crippen molar-refractivity contribution in [1.82, 2.24) is 10.3 Å². The third-order valence-electron chi connectivity index (χ3n) is 2.48. The Bertz CT molecular complexity index is 366. The number of carbonyl (C=O) groups excluding carboxylic acids is 1. The van der Waals surface area contributed by atoms with Crippen LogP contribution in [0.2, 0.25) is 0 Å². The first kappa shape index (κ1) is 11.5. The minimum absolute atomic E-state index is 0.124. The van der Waals surface area contributed by atoms with Crippen molar-refractivity contribution in [3.8, 4) is 0 Å². The second kappa shape index (κ2) is 4.90. The predicted octanol–water partition coefficient (Wildman–Crippen LogP) is 0.687. The summed E-state index contributed by atoms with van der Waals surface area (Å²) < 4.78 is 5.35. The van der Waals surface area contributed by atoms with Gasteiger partial charge in [-0.25, -0.2) is 4.98 Å². The molecular weight excluding hydrogens is 226 g/mol. The highest BCUT2D eigenvalue weighted by Crippen LogP contribution is 2.21. The largest absolute Gasteiger partial charge is 0.366 e. The molecule has 1 amide bonds. The van der Waals surface area contributed by atoms with Crippen molar-refractivity contribution in [2.45, 2.75) is 20.0 Å². The van der Waals surface area contributed by atoms with E-state index in [0.717, 1.165) is 17.1 Å². The highest BCUT2D eigenvalue weighted by molar-refractivity contribution is 7.15. The fourth-order valence-electron chi connectivity index (χ4n) is 1.45. The van der Waals surface area contributed by atoms with E-state index in [9.17, 15) is 4.79 Å². The maximum atomic E-state index is 11.8. The van der Waals surface area contributed by atoms with E-state index in [0.29, 0.717) is 18.3 Å². The van der Waals surface area contributed by atoms with Gasteiger partial charge in [0.1, 0.15) is 6.10 Å². The van der Waals surface area contributed by atoms with Crippen LogP contribution in [0.5, 0.6) is 0 Å². The molecule has 1 aromatic rings. The summed E-state index contributed by atoms with van der Waals surface area (Å²) in [7, 11) is 0. The molecule has 1 aromatic heterocycles. The number of aryl methyl sites for hydroxylation is 2. The summed E-state index contributed by atoms with van der Waals surface area (Å²) in [5, 5.41) is 6.54. The summed E-state index contributed by atoms with van der Waals surface area (Å²) in [5.41, 5.74) is 0.961. The Labute approximate surface area is 98.2 Å². The van der Waals surface area contributed by atoms with Crippen molar-refractivity contribution in [3.63, 3.8) is 0 Å². The highest BCUT2D eigenvalue weighted by atomic mass is 32.1. The average molecular weight is 241 g/mol. The van der Waals surface area contributed by atoms with E-state index in [1.165, 1.54) is 11.3 Å². The molecule has 5 nitrogen and oxygen atoms in total. The molecule has 1 unspecified atom stereocenters. The average Bonchev–Trinajstić information content (AvgIpc) is 2.59. The first-order valence-electron chi connectivity index (χ1n) is 5.24. The molecule has 2 heterocycles. The van der Waals surface area contributed by atoms with Crippen LogP contribution in [0, 0.1) is 13.8 Å². The lowest BCUT2D eigenvalue weighted by Crippen LogP contribution is -2.45. The van der Waals surface area contributed by atoms with Crippen LogP contribution in [0.4, 0.5) is 5.13 Å². The van der Waals surface area contributed by atoms with Crippen LogP contribution in [0.25, 0.3) is 0 Å². The summed E-state index contributed by atoms with van der Waals surface area (Å²) in [5.74, 6) is -0.124. The summed E-state index contributed by atoms with van der Waals surface area (Å²) in [6.45, 7) is 5.86. The fourth-order valence-corrected chi connectivity index (χ4v) is 2.26. The van der Waals surface area contributed by atoms with Crippen LogP contribution < -0.4 is 10.6 Å². The maximum absolute atomic E-state index is 11.8. The van der Waals surface area contributed by atoms with Crippen molar-refractivity contribution in [2.75, 3.05) is 25.0 Å². The lowest BCUT2D eigenvalue weighted by atomic mass is 10.3. The second-order valence-corrected chi connectivity index (χ2v) is 4.92. The van der Waals surface area contributed by atoms with E-state index in [4.69, 9.17) is 4.74 Å². The van der Waals surface area contributed by atoms with Crippen molar-refractivity contribution < 1.29 is 9.53 Å². The van der Waals surface area contributed by atoms with Crippen molar-refractivity contribution in [1.29, 1.82) is 0 Å². The zero-order valence-electron chi connectivity index (χ0n) is 9.37. The first-order chi connectivity index (χ1) is 7.66. The minimum atomic E-state index is -0.404. The lowest BCUT2D eigenvalue weighted by molar-refractivity contribution is -0.128. The smallest absolute Gasteiger partial charge is 0.256 e. The third kappa shape index (κ3) is 2.58. The van der Waals surface area contributed by atoms with E-state index in [1.54, 1.807) is 0 Å². The topological polar surface area (TPSA) is 63.2 Å². The summed E-state index contributed by atoms with van der Waals surface area (Å²) >= 11 is 1.49. The second-order valence-electron chi connectivity index (χ2n) is 3.71. The van der Waals surface area contributed by atoms with E-state index in [-0.39, 0.29) is 5.91 Å². The number of thiazole rings is 1. The molecule has 1 atom stereocenters. The van der Waals surface area contributed by atoms with Crippen molar-refractivity contribution in [2.24, 2.45) is 0 Å². The van der Waals surface area contributed by atoms with Crippen LogP contribution in [0.15, 0.2) is 0 Å². The molecule has 1 aliphatic rings. The molecule has 1 fully saturated rings. The quantitative estimate of drug-likeness (QED) is 0.799. The molecular formula is C10H15N3O2S. The maximum Gasteiger partial charge on any atom is 0.256 e. The molecule has 0 radical (unpaired) electrons. The Morgan fingerprint density at radius 2 is 2.44 bits per heavy atom. The van der Waals surface area contributed by atoms with Gasteiger partial charge in [0.15, 0.2) is 5.13 Å². The van der Waals surface area contributed by atoms with Crippen molar-refractivity contribution >= 4 is 22.4 Å². The van der Waals surface area contributed by atoms with E-state index >= 15 is 0 Å². The molecule has 0 saturated carbocycles. The van der Waals surface area contributed by atoms with Gasteiger partial charge in [0, 0.05) is 18.0 Å². The Morgan fingerprint density at radius 3 is 3.00 bits per heavy atom. The third-order valence-corrected chi connectivity index (χ3v) is 3.47. The van der Waals surface area contributed by atoms with Gasteiger partial charge in [-0.05, 0) is 13.8 Å². The molecule has 2 N–H and O–H groups in total. The standard InChI is InChI=1S/C10H15N3O2S/c1-6-7(2)16-10(12-6)13-9(14)8-5-11-3-4-15-8/h8,11H,3-5H2,1-2H3,(H,12,13,14). The number of aromatic nitrogens is 1. The van der Waals surface area contributed by atoms with Gasteiger partial charge < -0.3 is 10.1 Å². The first-order valence-corrected chi connectivity index (χ1v) is 6.05. The van der Waals surface area contributed by atoms with Gasteiger partial charge in [-0.15, -0.1) is 11.3 Å². The molecule has 1 aliphatic heterocycles. The molecule has 0 bridgehead atoms. The van der Waals surface area contributed by atoms with Crippen LogP contribution in [0.1, 0.15) is 10.6 Å². The summed E-state index contributed by atoms with van der Waals surface area (Å²) in [6.07, 6.45) is -0.404. The molecule has 0 aromatic carbocycles. The molecule has 2 rings (SSSR count). The molecule has 88 valence electrons. The summed E-state index contributed by atoms with van der Waals surface area (Å²) in [6, 6.07) is 0. The number of nitrogens with one attached hydrogen (secondary N) is 2. The summed E-state index contributed by atoms with van der Waals surface area (Å²) in [4.78, 5) is 17.2. The number of nitrogens with zero attached hydrogens (tertiary/aromatic N) is 1. The number of ether oxygens (including phenoxy) is 1. The van der Waals surface area contributed by atoms with E-state index in [1.807, 2.05) is 13.8 Å². The number of anilines is 1. The van der Waals surface area contributed by atoms with Crippen LogP contribution in [-0.2, 0) is 9.53 Å². The van der Waals surface area contributed by atoms with Crippen LogP contribution >= 0.6 is 11.3 Å². The molecule has 6 heteroatoms. The molecule has 1 saturated heterocycles. The monoisotopic (exact) mass is 241 g/mol. The Balaban J connectivity index is 1.95. The molecule has 0 aliphatic carbocycles. The number of morpholine rings is 1. The zero-order valence-corrected chi connectivity index (χ0v) is 10.2. The van der Waals surface area contributed by atoms with Crippen LogP contribution in [-0.4, -0.2) is 36.7 Å². The van der Waals surface area contributed by atoms with Gasteiger partial charge in [0.2, 0.25) is 0 Å². The molecule has 0 spiro atoms. The number of hydrogen-bond acceptors (Lipinski definition) is 5. The SMILES string of the molecule is Cc1nc(NC(=O)C2CNCCO2)sc1C. The highest BCUT2D eigenvalue weighted by Gasteiger charge is 2.22. The number of hydrogen-bond donors (Lipinski definition) is 2. The number of amides is 1. The van der Waals surface area contributed by atoms with Gasteiger partial charge >= 0.3 is 0 Å². The van der Waals surface area contributed by atoms with Crippen molar-refractivity contribution in [3.05, 3.63) is 10.6 Å². The lowest BCUT2D eigenvalue weighted by Gasteiger charge is -2.22. The Morgan fingerprint density at radius 1 is 1.62 bits per heavy atom. The zero-order chi connectivity index (χ0) is 11.5. The Hall–Kier alpha value is -0.980. The number of rotatable bonds is 2. The van der Waals surface area contributed by atoms with Gasteiger partial charge in [-0.1, -0.05) is 0 Å². The van der Waals surface area contributed by atoms with Crippen LogP contribution in [0.3, 0.4) is 0 Å². The fraction of sp³-hybridized carbons (Fsp3) is 0.600. The van der Waals surface area contributed by atoms with E-state index < -0.39 is 6.10 Å². The van der Waals surface area contributed by atoms with Gasteiger partial charge in [0.05, 0.1) is 12.3 Å². The van der Waals surface area contributed by atoms with Gasteiger partial charge in [-0.3, -0.25) is 10.1 Å². The Kier molecular flexibility index (Phi) is 3.52. The molecule has 16 heavy (non-hydrogen) atoms. The van der Waals surface area contributed by atoms with Gasteiger partial charge in [0.25, 0.3) is 5.91 Å². The van der Waals surface area contributed by atoms with E-state index in [2.05, 4.69) is 15.6 Å². The predicted molar refractivity (Wildman–Crippen MR) is 62.8 cm³/mol.